The van der Waals surface area contributed by atoms with Crippen molar-refractivity contribution in [3.8, 4) is 0 Å². The lowest BCUT2D eigenvalue weighted by atomic mass is 9.79. The van der Waals surface area contributed by atoms with Gasteiger partial charge in [-0.05, 0) is 177 Å². The van der Waals surface area contributed by atoms with E-state index in [0.717, 1.165) is 65.2 Å². The standard InChI is InChI=1S/C17H25BN2O2.C11H13BrN2.C11H14BrNO2.C11H16BrN.C6H3BrFNO2/c1-15(2,3)20-11-19-13-9-8-12(10-14(13)20)18-21-16(4,5)17(6,7)22-18;1-11(2,3)14-7-13-9-5-4-8(12)6-10(9)14;1-11(2,3)7-8-6-9(12)4-5-10(8)13(14)15;1-11(2,3)7-8-6-9(12)4-5-10(8)13;7-4-1-2-6(9(10)11)5(8)3-4/h8-11H,1-7H3;4-7H,1-3H3;4-6H,7H2,1-3H3;4-6H,7,13H2,1-3H3;1-3H. The second-order valence-electron chi connectivity index (χ2n) is 23.7. The topological polar surface area (TPSA) is 166 Å². The van der Waals surface area contributed by atoms with Gasteiger partial charge in [0, 0.05) is 52.4 Å². The summed E-state index contributed by atoms with van der Waals surface area (Å²) in [6.45, 7) is 34.2. The third-order valence-electron chi connectivity index (χ3n) is 11.9. The number of nitrogens with zero attached hydrogens (tertiary/aromatic N) is 6. The van der Waals surface area contributed by atoms with Gasteiger partial charge in [-0.1, -0.05) is 111 Å². The summed E-state index contributed by atoms with van der Waals surface area (Å²) in [5, 5.41) is 20.9. The fraction of sp³-hybridized carbons (Fsp3) is 0.429. The molecule has 7 aromatic rings. The second kappa shape index (κ2) is 24.9. The van der Waals surface area contributed by atoms with Gasteiger partial charge in [0.2, 0.25) is 5.82 Å². The summed E-state index contributed by atoms with van der Waals surface area (Å²) in [4.78, 5) is 28.7. The first-order chi connectivity index (χ1) is 34.3. The number of nitrogens with two attached hydrogens (primary N) is 1. The Balaban J connectivity index is 0.000000208. The first-order valence-electron chi connectivity index (χ1n) is 24.3. The molecule has 1 aliphatic rings. The van der Waals surface area contributed by atoms with Gasteiger partial charge in [0.1, 0.15) is 0 Å². The Morgan fingerprint density at radius 2 is 0.960 bits per heavy atom. The van der Waals surface area contributed by atoms with Crippen LogP contribution in [-0.2, 0) is 33.2 Å². The number of fused-ring (bicyclic) bond motifs is 2. The highest BCUT2D eigenvalue weighted by atomic mass is 79.9. The molecule has 13 nitrogen and oxygen atoms in total. The van der Waals surface area contributed by atoms with E-state index >= 15 is 0 Å². The van der Waals surface area contributed by atoms with Gasteiger partial charge in [-0.3, -0.25) is 20.2 Å². The fourth-order valence-corrected chi connectivity index (χ4v) is 9.07. The molecular formula is C56H71BBr4FN7O6. The van der Waals surface area contributed by atoms with Crippen molar-refractivity contribution in [1.29, 1.82) is 0 Å². The molecular weight excluding hydrogens is 1220 g/mol. The highest BCUT2D eigenvalue weighted by molar-refractivity contribution is 9.11. The summed E-state index contributed by atoms with van der Waals surface area (Å²) in [7, 11) is -0.335. The van der Waals surface area contributed by atoms with Crippen molar-refractivity contribution in [3.63, 3.8) is 0 Å². The van der Waals surface area contributed by atoms with Crippen molar-refractivity contribution in [2.45, 2.75) is 146 Å². The first-order valence-corrected chi connectivity index (χ1v) is 27.5. The monoisotopic (exact) mass is 1280 g/mol. The van der Waals surface area contributed by atoms with Crippen molar-refractivity contribution in [2.75, 3.05) is 5.73 Å². The molecule has 404 valence electrons. The molecule has 0 spiro atoms. The van der Waals surface area contributed by atoms with Crippen LogP contribution >= 0.6 is 63.7 Å². The molecule has 0 radical (unpaired) electrons. The van der Waals surface area contributed by atoms with Crippen molar-refractivity contribution in [2.24, 2.45) is 10.8 Å². The number of benzene rings is 5. The number of rotatable bonds is 5. The van der Waals surface area contributed by atoms with E-state index in [2.05, 4.69) is 212 Å². The maximum absolute atomic E-state index is 12.6. The molecule has 0 amide bonds. The fourth-order valence-electron chi connectivity index (χ4n) is 7.57. The van der Waals surface area contributed by atoms with E-state index in [-0.39, 0.29) is 50.8 Å². The number of nitro benzene ring substituents is 2. The molecule has 8 rings (SSSR count). The lowest BCUT2D eigenvalue weighted by Crippen LogP contribution is -2.41. The Labute approximate surface area is 475 Å². The number of halogens is 5. The van der Waals surface area contributed by atoms with Gasteiger partial charge in [-0.15, -0.1) is 0 Å². The zero-order valence-corrected chi connectivity index (χ0v) is 52.3. The Morgan fingerprint density at radius 3 is 1.41 bits per heavy atom. The summed E-state index contributed by atoms with van der Waals surface area (Å²) in [5.74, 6) is -0.829. The van der Waals surface area contributed by atoms with Crippen LogP contribution in [0.4, 0.5) is 21.5 Å². The molecule has 19 heteroatoms. The number of hydrogen-bond acceptors (Lipinski definition) is 9. The summed E-state index contributed by atoms with van der Waals surface area (Å²) in [5.41, 5.74) is 13.6. The van der Waals surface area contributed by atoms with Crippen molar-refractivity contribution in [1.82, 2.24) is 19.1 Å². The van der Waals surface area contributed by atoms with Gasteiger partial charge in [0.15, 0.2) is 0 Å². The molecule has 0 unspecified atom stereocenters. The molecule has 0 saturated carbocycles. The molecule has 1 fully saturated rings. The quantitative estimate of drug-likeness (QED) is 0.0764. The van der Waals surface area contributed by atoms with Crippen molar-refractivity contribution in [3.05, 3.63) is 159 Å². The molecule has 75 heavy (non-hydrogen) atoms. The minimum absolute atomic E-state index is 0.0106. The van der Waals surface area contributed by atoms with Crippen LogP contribution in [0.25, 0.3) is 22.1 Å². The van der Waals surface area contributed by atoms with Gasteiger partial charge in [0.25, 0.3) is 5.69 Å². The van der Waals surface area contributed by atoms with E-state index in [4.69, 9.17) is 15.0 Å². The number of nitro groups is 2. The maximum Gasteiger partial charge on any atom is 0.494 e. The summed E-state index contributed by atoms with van der Waals surface area (Å²) < 4.78 is 32.9. The minimum atomic E-state index is -0.829. The summed E-state index contributed by atoms with van der Waals surface area (Å²) in [6.07, 6.45) is 5.51. The van der Waals surface area contributed by atoms with E-state index < -0.39 is 16.4 Å². The smallest absolute Gasteiger partial charge is 0.399 e. The third-order valence-corrected chi connectivity index (χ3v) is 13.9. The molecule has 0 bridgehead atoms. The SMILES string of the molecule is CC(C)(C)Cc1cc(Br)ccc1N.CC(C)(C)Cc1cc(Br)ccc1[N+](=O)[O-].CC(C)(C)n1cnc2ccc(B3OC(C)(C)C(C)(C)O3)cc21.CC(C)(C)n1cnc2ccc(Br)cc21.O=[N+]([O-])c1ccc(Br)cc1F. The van der Waals surface area contributed by atoms with Gasteiger partial charge in [0.05, 0.1) is 55.8 Å². The number of anilines is 1. The molecule has 2 aromatic heterocycles. The molecule has 1 saturated heterocycles. The van der Waals surface area contributed by atoms with Crippen LogP contribution in [0.5, 0.6) is 0 Å². The number of imidazole rings is 2. The predicted molar refractivity (Wildman–Crippen MR) is 319 cm³/mol. The average molecular weight is 1290 g/mol. The third kappa shape index (κ3) is 18.3. The van der Waals surface area contributed by atoms with Gasteiger partial charge in [-0.2, -0.15) is 4.39 Å². The lowest BCUT2D eigenvalue weighted by molar-refractivity contribution is -0.387. The lowest BCUT2D eigenvalue weighted by Gasteiger charge is -2.32. The Hall–Kier alpha value is -4.53. The van der Waals surface area contributed by atoms with Crippen LogP contribution in [0, 0.1) is 36.9 Å². The van der Waals surface area contributed by atoms with Gasteiger partial charge in [-0.25, -0.2) is 9.97 Å². The first kappa shape index (κ1) is 63.0. The largest absolute Gasteiger partial charge is 0.494 e. The van der Waals surface area contributed by atoms with E-state index in [1.807, 2.05) is 55.1 Å². The van der Waals surface area contributed by atoms with Crippen LogP contribution in [0.3, 0.4) is 0 Å². The van der Waals surface area contributed by atoms with Crippen LogP contribution in [0.2, 0.25) is 0 Å². The maximum atomic E-state index is 12.6. The van der Waals surface area contributed by atoms with Crippen LogP contribution in [-0.4, -0.2) is 47.3 Å². The highest BCUT2D eigenvalue weighted by Crippen LogP contribution is 2.37. The van der Waals surface area contributed by atoms with Gasteiger partial charge < -0.3 is 24.2 Å². The number of hydrogen-bond donors (Lipinski definition) is 1. The normalized spacial score (nSPS) is 14.1. The molecule has 2 N–H and O–H groups in total. The number of aromatic nitrogens is 4. The van der Waals surface area contributed by atoms with Gasteiger partial charge >= 0.3 is 12.8 Å². The molecule has 3 heterocycles. The Bertz CT molecular complexity index is 3100. The van der Waals surface area contributed by atoms with Crippen molar-refractivity contribution >= 4 is 115 Å². The van der Waals surface area contributed by atoms with Crippen LogP contribution < -0.4 is 11.2 Å². The predicted octanol–water partition coefficient (Wildman–Crippen LogP) is 16.7. The zero-order valence-electron chi connectivity index (χ0n) is 45.9. The summed E-state index contributed by atoms with van der Waals surface area (Å²) >= 11 is 13.2. The molecule has 5 aromatic carbocycles. The number of nitrogen functional groups attached to an aromatic ring is 1. The minimum Gasteiger partial charge on any atom is -0.399 e. The molecule has 0 atom stereocenters. The van der Waals surface area contributed by atoms with E-state index in [1.54, 1.807) is 12.1 Å². The van der Waals surface area contributed by atoms with Crippen molar-refractivity contribution < 1.29 is 23.5 Å². The van der Waals surface area contributed by atoms with E-state index in [0.29, 0.717) is 10.9 Å². The molecule has 0 aliphatic carbocycles. The Kier molecular flexibility index (Phi) is 20.9. The second-order valence-corrected chi connectivity index (χ2v) is 27.4. The zero-order chi connectivity index (χ0) is 56.8. The average Bonchev–Trinajstić information content (AvgIpc) is 3.94. The van der Waals surface area contributed by atoms with E-state index in [1.165, 1.54) is 17.1 Å². The highest BCUT2D eigenvalue weighted by Gasteiger charge is 2.51. The van der Waals surface area contributed by atoms with E-state index in [9.17, 15) is 24.6 Å². The Morgan fingerprint density at radius 1 is 0.573 bits per heavy atom. The molecule has 1 aliphatic heterocycles. The van der Waals surface area contributed by atoms with Crippen LogP contribution in [0.15, 0.2) is 122 Å². The summed E-state index contributed by atoms with van der Waals surface area (Å²) in [6, 6.07) is 27.0. The van der Waals surface area contributed by atoms with Crippen LogP contribution in [0.1, 0.15) is 122 Å².